The number of nitrogens with zero attached hydrogens (tertiary/aromatic N) is 4. The fourth-order valence-corrected chi connectivity index (χ4v) is 3.88. The molecule has 1 saturated heterocycles. The van der Waals surface area contributed by atoms with Crippen LogP contribution in [0.4, 0.5) is 4.39 Å². The third-order valence-corrected chi connectivity index (χ3v) is 5.56. The number of halogens is 1. The van der Waals surface area contributed by atoms with Crippen LogP contribution in [0.15, 0.2) is 35.0 Å². The lowest BCUT2D eigenvalue weighted by molar-refractivity contribution is -0.132. The zero-order valence-corrected chi connectivity index (χ0v) is 16.6. The second-order valence-corrected chi connectivity index (χ2v) is 7.64. The highest BCUT2D eigenvalue weighted by molar-refractivity contribution is 5.83. The van der Waals surface area contributed by atoms with Crippen LogP contribution >= 0.6 is 0 Å². The molecule has 0 unspecified atom stereocenters. The predicted octanol–water partition coefficient (Wildman–Crippen LogP) is 4.12. The molecule has 4 rings (SSSR count). The van der Waals surface area contributed by atoms with Crippen LogP contribution in [-0.2, 0) is 11.2 Å². The standard InChI is InChI=1S/C22H25FN4O2/c1-15-24-14-20(29-15)17-4-5-18-13-25-21(26-19(18)11-17)12-22(28)27-9-6-16(7-10-27)3-2-8-23/h4-5,11,13-14,16H,2-3,6-10,12H2,1H3. The summed E-state index contributed by atoms with van der Waals surface area (Å²) in [5.41, 5.74) is 1.67. The Bertz CT molecular complexity index is 995. The zero-order chi connectivity index (χ0) is 20.2. The first-order valence-corrected chi connectivity index (χ1v) is 10.1. The maximum absolute atomic E-state index is 12.7. The minimum Gasteiger partial charge on any atom is -0.441 e. The minimum atomic E-state index is -0.254. The van der Waals surface area contributed by atoms with Gasteiger partial charge >= 0.3 is 0 Å². The maximum Gasteiger partial charge on any atom is 0.230 e. The normalized spacial score (nSPS) is 15.2. The van der Waals surface area contributed by atoms with Gasteiger partial charge in [-0.15, -0.1) is 0 Å². The van der Waals surface area contributed by atoms with E-state index in [0.29, 0.717) is 29.8 Å². The van der Waals surface area contributed by atoms with Crippen LogP contribution in [0, 0.1) is 12.8 Å². The van der Waals surface area contributed by atoms with Crippen LogP contribution in [0.2, 0.25) is 0 Å². The van der Waals surface area contributed by atoms with Gasteiger partial charge in [0.1, 0.15) is 5.82 Å². The van der Waals surface area contributed by atoms with Crippen molar-refractivity contribution in [2.45, 2.75) is 39.0 Å². The number of hydrogen-bond acceptors (Lipinski definition) is 5. The lowest BCUT2D eigenvalue weighted by Gasteiger charge is -2.31. The van der Waals surface area contributed by atoms with E-state index >= 15 is 0 Å². The topological polar surface area (TPSA) is 72.1 Å². The number of alkyl halides is 1. The summed E-state index contributed by atoms with van der Waals surface area (Å²) in [6.45, 7) is 3.02. The smallest absolute Gasteiger partial charge is 0.230 e. The maximum atomic E-state index is 12.7. The van der Waals surface area contributed by atoms with Gasteiger partial charge in [-0.2, -0.15) is 0 Å². The fourth-order valence-electron chi connectivity index (χ4n) is 3.88. The molecule has 2 aromatic heterocycles. The van der Waals surface area contributed by atoms with E-state index in [-0.39, 0.29) is 19.0 Å². The molecule has 0 saturated carbocycles. The third-order valence-electron chi connectivity index (χ3n) is 5.56. The lowest BCUT2D eigenvalue weighted by atomic mass is 9.92. The Morgan fingerprint density at radius 3 is 2.79 bits per heavy atom. The summed E-state index contributed by atoms with van der Waals surface area (Å²) in [5.74, 6) is 2.41. The first kappa shape index (κ1) is 19.5. The number of carbonyl (C=O) groups is 1. The van der Waals surface area contributed by atoms with Gasteiger partial charge in [0.15, 0.2) is 11.7 Å². The summed E-state index contributed by atoms with van der Waals surface area (Å²) in [6, 6.07) is 5.82. The SMILES string of the molecule is Cc1ncc(-c2ccc3cnc(CC(=O)N4CCC(CCCF)CC4)nc3c2)o1. The van der Waals surface area contributed by atoms with Crippen LogP contribution in [0.5, 0.6) is 0 Å². The quantitative estimate of drug-likeness (QED) is 0.627. The van der Waals surface area contributed by atoms with Gasteiger partial charge in [-0.05, 0) is 37.7 Å². The predicted molar refractivity (Wildman–Crippen MR) is 108 cm³/mol. The molecule has 29 heavy (non-hydrogen) atoms. The van der Waals surface area contributed by atoms with Gasteiger partial charge < -0.3 is 9.32 Å². The second kappa shape index (κ2) is 8.68. The Morgan fingerprint density at radius 1 is 1.24 bits per heavy atom. The Morgan fingerprint density at radius 2 is 2.07 bits per heavy atom. The number of oxazole rings is 1. The van der Waals surface area contributed by atoms with Crippen LogP contribution in [0.25, 0.3) is 22.2 Å². The van der Waals surface area contributed by atoms with Gasteiger partial charge in [-0.3, -0.25) is 9.18 Å². The molecule has 3 aromatic rings. The molecule has 1 aliphatic rings. The summed E-state index contributed by atoms with van der Waals surface area (Å²) in [4.78, 5) is 27.7. The highest BCUT2D eigenvalue weighted by Crippen LogP contribution is 2.25. The number of rotatable bonds is 6. The Labute approximate surface area is 169 Å². The molecule has 1 fully saturated rings. The van der Waals surface area contributed by atoms with Crippen LogP contribution < -0.4 is 0 Å². The van der Waals surface area contributed by atoms with Crippen molar-refractivity contribution in [1.82, 2.24) is 19.9 Å². The first-order chi connectivity index (χ1) is 14.1. The molecule has 0 radical (unpaired) electrons. The average Bonchev–Trinajstić information content (AvgIpc) is 3.18. The fraction of sp³-hybridized carbons (Fsp3) is 0.455. The van der Waals surface area contributed by atoms with Gasteiger partial charge in [0.25, 0.3) is 0 Å². The van der Waals surface area contributed by atoms with E-state index < -0.39 is 0 Å². The number of carbonyl (C=O) groups excluding carboxylic acids is 1. The van der Waals surface area contributed by atoms with Crippen molar-refractivity contribution in [3.8, 4) is 11.3 Å². The molecule has 3 heterocycles. The minimum absolute atomic E-state index is 0.0512. The Hall–Kier alpha value is -2.83. The van der Waals surface area contributed by atoms with Crippen LogP contribution in [-0.4, -0.2) is 45.5 Å². The molecule has 1 aliphatic heterocycles. The van der Waals surface area contributed by atoms with E-state index in [2.05, 4.69) is 15.0 Å². The van der Waals surface area contributed by atoms with Crippen molar-refractivity contribution in [3.05, 3.63) is 42.3 Å². The molecule has 7 heteroatoms. The van der Waals surface area contributed by atoms with E-state index in [0.717, 1.165) is 48.8 Å². The van der Waals surface area contributed by atoms with Crippen molar-refractivity contribution in [2.24, 2.45) is 5.92 Å². The van der Waals surface area contributed by atoms with Crippen molar-refractivity contribution in [2.75, 3.05) is 19.8 Å². The Kier molecular flexibility index (Phi) is 5.83. The third kappa shape index (κ3) is 4.60. The van der Waals surface area contributed by atoms with E-state index in [1.54, 1.807) is 19.3 Å². The molecule has 0 bridgehead atoms. The van der Waals surface area contributed by atoms with Crippen LogP contribution in [0.3, 0.4) is 0 Å². The van der Waals surface area contributed by atoms with Gasteiger partial charge in [-0.1, -0.05) is 12.1 Å². The van der Waals surface area contributed by atoms with Gasteiger partial charge in [-0.25, -0.2) is 15.0 Å². The summed E-state index contributed by atoms with van der Waals surface area (Å²) in [5, 5.41) is 0.912. The van der Waals surface area contributed by atoms with Crippen molar-refractivity contribution in [3.63, 3.8) is 0 Å². The summed E-state index contributed by atoms with van der Waals surface area (Å²) >= 11 is 0. The number of aromatic nitrogens is 3. The number of fused-ring (bicyclic) bond motifs is 1. The molecule has 0 atom stereocenters. The molecule has 1 aromatic carbocycles. The number of hydrogen-bond donors (Lipinski definition) is 0. The number of aryl methyl sites for hydroxylation is 1. The molecule has 0 aliphatic carbocycles. The number of likely N-dealkylation sites (tertiary alicyclic amines) is 1. The highest BCUT2D eigenvalue weighted by atomic mass is 19.1. The van der Waals surface area contributed by atoms with E-state index in [9.17, 15) is 9.18 Å². The summed E-state index contributed by atoms with van der Waals surface area (Å²) < 4.78 is 17.9. The molecule has 152 valence electrons. The van der Waals surface area contributed by atoms with Gasteiger partial charge in [0.2, 0.25) is 5.91 Å². The molecule has 6 nitrogen and oxygen atoms in total. The molecular weight excluding hydrogens is 371 g/mol. The molecule has 0 N–H and O–H groups in total. The van der Waals surface area contributed by atoms with Crippen molar-refractivity contribution in [1.29, 1.82) is 0 Å². The largest absolute Gasteiger partial charge is 0.441 e. The van der Waals surface area contributed by atoms with Gasteiger partial charge in [0, 0.05) is 37.2 Å². The molecule has 1 amide bonds. The van der Waals surface area contributed by atoms with Crippen LogP contribution in [0.1, 0.15) is 37.4 Å². The highest BCUT2D eigenvalue weighted by Gasteiger charge is 2.23. The van der Waals surface area contributed by atoms with E-state index in [1.807, 2.05) is 23.1 Å². The number of piperidine rings is 1. The molecule has 0 spiro atoms. The number of benzene rings is 1. The molecular formula is C22H25FN4O2. The van der Waals surface area contributed by atoms with E-state index in [4.69, 9.17) is 4.42 Å². The Balaban J connectivity index is 1.43. The second-order valence-electron chi connectivity index (χ2n) is 7.64. The number of amides is 1. The zero-order valence-electron chi connectivity index (χ0n) is 16.6. The van der Waals surface area contributed by atoms with Gasteiger partial charge in [0.05, 0.1) is 24.8 Å². The summed E-state index contributed by atoms with van der Waals surface area (Å²) in [7, 11) is 0. The average molecular weight is 396 g/mol. The lowest BCUT2D eigenvalue weighted by Crippen LogP contribution is -2.39. The van der Waals surface area contributed by atoms with E-state index in [1.165, 1.54) is 0 Å². The first-order valence-electron chi connectivity index (χ1n) is 10.1. The monoisotopic (exact) mass is 396 g/mol. The van der Waals surface area contributed by atoms with Crippen molar-refractivity contribution >= 4 is 16.8 Å². The summed E-state index contributed by atoms with van der Waals surface area (Å²) in [6.07, 6.45) is 7.08. The van der Waals surface area contributed by atoms with Crippen molar-refractivity contribution < 1.29 is 13.6 Å².